The Morgan fingerprint density at radius 2 is 0.750 bits per heavy atom. The summed E-state index contributed by atoms with van der Waals surface area (Å²) in [5.74, 6) is 1.77. The quantitative estimate of drug-likeness (QED) is 0.0299. The summed E-state index contributed by atoms with van der Waals surface area (Å²) in [5.41, 5.74) is 6.01. The minimum atomic E-state index is -0.623. The molecular weight excluding hydrogens is 1570 g/mol. The molecule has 1 fully saturated rings. The third-order valence-electron chi connectivity index (χ3n) is 17.3. The number of methoxy groups -OCH3 is 1. The van der Waals surface area contributed by atoms with E-state index in [1.807, 2.05) is 66.0 Å². The molecule has 11 heterocycles. The SMILES string of the molecule is CCc1cc(=O)[nH]c(-n2nc(C)cc2NC(=O)c2ccccc2F)n1.CCc1cc(=O)[nH]c(-n2nc(C)cc2NC(=O)c2ccccc2OC)n1.CCc1cc(=O)[nH]c(-n2nc(C)cc2NC(=O)c2ccccc2SC)n1.CCc1cc(=O)[nH]c(-n2nc(C)cc2NC(=O)c2ccco2)n1.Cc1cc(=O)[nH]c(-n2nc(C)cc2NC(=O)C2CC2)n1. The van der Waals surface area contributed by atoms with Crippen molar-refractivity contribution in [1.29, 1.82) is 0 Å². The maximum absolute atomic E-state index is 13.8. The van der Waals surface area contributed by atoms with Crippen LogP contribution in [-0.4, -0.2) is 142 Å². The number of hydrogen-bond acceptors (Lipinski definition) is 23. The summed E-state index contributed by atoms with van der Waals surface area (Å²) in [4.78, 5) is 156. The van der Waals surface area contributed by atoms with Crippen LogP contribution in [0.2, 0.25) is 0 Å². The first-order chi connectivity index (χ1) is 57.6. The van der Waals surface area contributed by atoms with E-state index in [0.29, 0.717) is 123 Å². The van der Waals surface area contributed by atoms with Crippen molar-refractivity contribution in [2.24, 2.45) is 5.92 Å². The van der Waals surface area contributed by atoms with Crippen LogP contribution in [0.15, 0.2) is 185 Å². The number of nitrogens with zero attached hydrogens (tertiary/aromatic N) is 15. The van der Waals surface area contributed by atoms with Gasteiger partial charge in [-0.25, -0.2) is 29.3 Å². The average Bonchev–Trinajstić information content (AvgIpc) is 1.67. The Kier molecular flexibility index (Phi) is 27.8. The monoisotopic (exact) mass is 1650 g/mol. The van der Waals surface area contributed by atoms with Gasteiger partial charge in [-0.05, 0) is 135 Å². The third kappa shape index (κ3) is 22.1. The fourth-order valence-electron chi connectivity index (χ4n) is 11.5. The lowest BCUT2D eigenvalue weighted by Gasteiger charge is -2.10. The molecule has 11 aromatic heterocycles. The van der Waals surface area contributed by atoms with Gasteiger partial charge in [0.2, 0.25) is 35.6 Å². The van der Waals surface area contributed by atoms with E-state index in [1.165, 1.54) is 97.1 Å². The smallest absolute Gasteiger partial charge is 0.292 e. The van der Waals surface area contributed by atoms with Crippen molar-refractivity contribution in [2.45, 2.75) is 113 Å². The normalized spacial score (nSPS) is 11.3. The zero-order chi connectivity index (χ0) is 86.0. The van der Waals surface area contributed by atoms with Gasteiger partial charge >= 0.3 is 0 Å². The number of aryl methyl sites for hydroxylation is 10. The van der Waals surface area contributed by atoms with Crippen molar-refractivity contribution in [2.75, 3.05) is 39.9 Å². The number of anilines is 5. The number of hydrogen-bond donors (Lipinski definition) is 10. The number of aromatic amines is 5. The molecule has 0 aliphatic heterocycles. The van der Waals surface area contributed by atoms with Gasteiger partial charge in [-0.1, -0.05) is 64.1 Å². The number of thioether (sulfide) groups is 1. The average molecular weight is 1650 g/mol. The molecule has 618 valence electrons. The lowest BCUT2D eigenvalue weighted by Crippen LogP contribution is -2.19. The second-order valence-corrected chi connectivity index (χ2v) is 27.6. The third-order valence-corrected chi connectivity index (χ3v) is 18.1. The molecule has 0 radical (unpaired) electrons. The van der Waals surface area contributed by atoms with Crippen LogP contribution in [0, 0.1) is 53.3 Å². The number of furan rings is 1. The first kappa shape index (κ1) is 85.7. The molecule has 5 amide bonds. The van der Waals surface area contributed by atoms with Gasteiger partial charge in [0, 0.05) is 99.9 Å². The summed E-state index contributed by atoms with van der Waals surface area (Å²) in [5, 5.41) is 35.2. The molecule has 0 saturated heterocycles. The molecule has 0 spiro atoms. The fraction of sp³-hybridized carbons (Fsp3) is 0.235. The fourth-order valence-corrected chi connectivity index (χ4v) is 12.1. The van der Waals surface area contributed by atoms with Gasteiger partial charge in [0.05, 0.1) is 58.5 Å². The van der Waals surface area contributed by atoms with E-state index < -0.39 is 17.6 Å². The van der Waals surface area contributed by atoms with Gasteiger partial charge in [0.15, 0.2) is 5.76 Å². The van der Waals surface area contributed by atoms with Gasteiger partial charge in [-0.3, -0.25) is 72.9 Å². The molecule has 10 N–H and O–H groups in total. The lowest BCUT2D eigenvalue weighted by atomic mass is 10.2. The van der Waals surface area contributed by atoms with E-state index in [9.17, 15) is 52.3 Å². The summed E-state index contributed by atoms with van der Waals surface area (Å²) in [6, 6.07) is 38.7. The van der Waals surface area contributed by atoms with Crippen molar-refractivity contribution < 1.29 is 37.5 Å². The second-order valence-electron chi connectivity index (χ2n) is 26.7. The second kappa shape index (κ2) is 39.0. The number of amides is 5. The van der Waals surface area contributed by atoms with E-state index in [1.54, 1.807) is 107 Å². The Bertz CT molecular complexity index is 6240. The maximum atomic E-state index is 13.8. The molecule has 1 saturated carbocycles. The van der Waals surface area contributed by atoms with Crippen LogP contribution in [0.5, 0.6) is 5.75 Å². The molecule has 0 atom stereocenters. The number of ether oxygens (including phenoxy) is 1. The highest BCUT2D eigenvalue weighted by atomic mass is 32.2. The number of benzene rings is 3. The number of rotatable bonds is 21. The number of carbonyl (C=O) groups excluding carboxylic acids is 5. The van der Waals surface area contributed by atoms with E-state index in [4.69, 9.17) is 9.15 Å². The number of halogens is 1. The van der Waals surface area contributed by atoms with E-state index in [-0.39, 0.29) is 92.4 Å². The minimum absolute atomic E-state index is 0.0128. The predicted molar refractivity (Wildman–Crippen MR) is 445 cm³/mol. The van der Waals surface area contributed by atoms with Crippen LogP contribution in [0.25, 0.3) is 29.7 Å². The van der Waals surface area contributed by atoms with Crippen LogP contribution in [0.4, 0.5) is 33.5 Å². The zero-order valence-electron chi connectivity index (χ0n) is 67.1. The number of para-hydroxylation sites is 1. The molecule has 37 nitrogen and oxygen atoms in total. The Labute approximate surface area is 686 Å². The summed E-state index contributed by atoms with van der Waals surface area (Å²) < 4.78 is 31.1. The molecule has 120 heavy (non-hydrogen) atoms. The topological polar surface area (TPSA) is 486 Å². The van der Waals surface area contributed by atoms with Crippen LogP contribution in [-0.2, 0) is 30.5 Å². The first-order valence-electron chi connectivity index (χ1n) is 37.5. The molecular formula is C81H84FN25O12S. The number of nitrogens with one attached hydrogen (secondary N) is 10. The van der Waals surface area contributed by atoms with Crippen molar-refractivity contribution in [3.63, 3.8) is 0 Å². The van der Waals surface area contributed by atoms with Crippen molar-refractivity contribution in [1.82, 2.24) is 98.7 Å². The van der Waals surface area contributed by atoms with Crippen molar-refractivity contribution >= 4 is 70.4 Å². The number of H-pyrrole nitrogens is 5. The number of aromatic nitrogens is 20. The van der Waals surface area contributed by atoms with Crippen LogP contribution < -0.4 is 59.1 Å². The summed E-state index contributed by atoms with van der Waals surface area (Å²) >= 11 is 1.50. The van der Waals surface area contributed by atoms with Crippen molar-refractivity contribution in [3.8, 4) is 35.5 Å². The van der Waals surface area contributed by atoms with Gasteiger partial charge in [-0.2, -0.15) is 48.9 Å². The molecule has 1 aliphatic carbocycles. The summed E-state index contributed by atoms with van der Waals surface area (Å²) in [6.45, 7) is 18.3. The molecule has 14 aromatic rings. The minimum Gasteiger partial charge on any atom is -0.496 e. The summed E-state index contributed by atoms with van der Waals surface area (Å²) in [7, 11) is 1.51. The Hall–Kier alpha value is -15.2. The van der Waals surface area contributed by atoms with Crippen LogP contribution >= 0.6 is 11.8 Å². The maximum Gasteiger partial charge on any atom is 0.292 e. The van der Waals surface area contributed by atoms with Gasteiger partial charge in [0.1, 0.15) is 40.7 Å². The van der Waals surface area contributed by atoms with E-state index in [0.717, 1.165) is 23.4 Å². The molecule has 15 rings (SSSR count). The van der Waals surface area contributed by atoms with Crippen molar-refractivity contribution in [3.05, 3.63) is 289 Å². The lowest BCUT2D eigenvalue weighted by molar-refractivity contribution is -0.117. The number of carbonyl (C=O) groups is 5. The molecule has 1 aliphatic rings. The summed E-state index contributed by atoms with van der Waals surface area (Å²) in [6.07, 6.45) is 7.63. The van der Waals surface area contributed by atoms with Gasteiger partial charge < -0.3 is 35.7 Å². The predicted octanol–water partition coefficient (Wildman–Crippen LogP) is 9.70. The molecule has 0 unspecified atom stereocenters. The van der Waals surface area contributed by atoms with Crippen LogP contribution in [0.3, 0.4) is 0 Å². The zero-order valence-corrected chi connectivity index (χ0v) is 68.0. The Morgan fingerprint density at radius 3 is 1.11 bits per heavy atom. The highest BCUT2D eigenvalue weighted by molar-refractivity contribution is 7.98. The Morgan fingerprint density at radius 1 is 0.417 bits per heavy atom. The largest absolute Gasteiger partial charge is 0.496 e. The van der Waals surface area contributed by atoms with Gasteiger partial charge in [0.25, 0.3) is 51.4 Å². The standard InChI is InChI=1S/C18H19N5O3.C18H19N5O2S.C17H16FN5O2.C15H15N5O3.C13H15N5O2/c2*1-4-12-10-16(24)21-18(19-12)23-15(9-11(2)22-23)20-17(25)13-7-5-6-8-14(13)26-3;1-3-11-9-15(24)21-17(19-11)23-14(8-10(2)22-23)20-16(25)12-6-4-5-7-13(12)18;1-3-10-8-13(21)18-15(16-10)20-12(7-9(2)19-20)17-14(22)11-5-4-6-23-11;1-7-6-11(19)16-13(14-7)18-10(5-8(2)17-18)15-12(20)9-3-4-9/h2*5-10H,4H2,1-3H3,(H,20,25)(H,19,21,24);4-9H,3H2,1-2H3,(H,20,25)(H,19,21,24);4-8H,3H2,1-2H3,(H,17,22)(H,16,18,21);5-6,9H,3-4H2,1-2H3,(H,15,20)(H,14,16,19). The van der Waals surface area contributed by atoms with Gasteiger partial charge in [-0.15, -0.1) is 11.8 Å². The van der Waals surface area contributed by atoms with E-state index in [2.05, 4.69) is 102 Å². The highest BCUT2D eigenvalue weighted by Gasteiger charge is 2.31. The molecule has 0 bridgehead atoms. The molecule has 39 heteroatoms. The van der Waals surface area contributed by atoms with Crippen LogP contribution in [0.1, 0.15) is 139 Å². The van der Waals surface area contributed by atoms with E-state index >= 15 is 0 Å². The Balaban J connectivity index is 0.000000147. The highest BCUT2D eigenvalue weighted by Crippen LogP contribution is 2.31. The molecule has 3 aromatic carbocycles. The first-order valence-corrected chi connectivity index (χ1v) is 38.8.